The van der Waals surface area contributed by atoms with E-state index in [0.717, 1.165) is 0 Å². The van der Waals surface area contributed by atoms with Gasteiger partial charge < -0.3 is 4.98 Å². The summed E-state index contributed by atoms with van der Waals surface area (Å²) in [6, 6.07) is 0. The molecule has 0 bridgehead atoms. The van der Waals surface area contributed by atoms with Crippen molar-refractivity contribution in [2.75, 3.05) is 0 Å². The summed E-state index contributed by atoms with van der Waals surface area (Å²) >= 11 is 8.57. The molecule has 0 saturated carbocycles. The number of nitrogens with zero attached hydrogens (tertiary/aromatic N) is 1. The van der Waals surface area contributed by atoms with Gasteiger partial charge in [0.05, 0.1) is 11.6 Å². The van der Waals surface area contributed by atoms with Gasteiger partial charge in [-0.1, -0.05) is 0 Å². The van der Waals surface area contributed by atoms with Crippen LogP contribution in [0, 0.1) is 6.92 Å². The molecule has 1 heterocycles. The Morgan fingerprint density at radius 3 is 2.82 bits per heavy atom. The first-order valence-electron chi connectivity index (χ1n) is 2.96. The van der Waals surface area contributed by atoms with Crippen LogP contribution in [0.3, 0.4) is 0 Å². The minimum atomic E-state index is -0.187. The van der Waals surface area contributed by atoms with Crippen molar-refractivity contribution in [3.05, 3.63) is 26.3 Å². The van der Waals surface area contributed by atoms with Crippen LogP contribution in [0.1, 0.15) is 11.5 Å². The van der Waals surface area contributed by atoms with Crippen LogP contribution in [0.25, 0.3) is 0 Å². The zero-order valence-corrected chi connectivity index (χ0v) is 8.16. The van der Waals surface area contributed by atoms with Gasteiger partial charge in [-0.3, -0.25) is 4.79 Å². The van der Waals surface area contributed by atoms with Crippen LogP contribution in [-0.2, 0) is 5.88 Å². The lowest BCUT2D eigenvalue weighted by Crippen LogP contribution is -2.13. The highest BCUT2D eigenvalue weighted by Gasteiger charge is 2.02. The van der Waals surface area contributed by atoms with Crippen LogP contribution in [-0.4, -0.2) is 9.97 Å². The second kappa shape index (κ2) is 3.36. The fourth-order valence-corrected chi connectivity index (χ4v) is 1.01. The molecule has 0 radical (unpaired) electrons. The van der Waals surface area contributed by atoms with E-state index >= 15 is 0 Å². The van der Waals surface area contributed by atoms with E-state index < -0.39 is 0 Å². The Kier molecular flexibility index (Phi) is 2.67. The maximum absolute atomic E-state index is 11.0. The van der Waals surface area contributed by atoms with Gasteiger partial charge >= 0.3 is 0 Å². The second-order valence-corrected chi connectivity index (χ2v) is 3.11. The molecule has 0 unspecified atom stereocenters. The third kappa shape index (κ3) is 1.81. The molecule has 0 amide bonds. The number of aryl methyl sites for hydroxylation is 1. The minimum Gasteiger partial charge on any atom is -0.309 e. The quantitative estimate of drug-likeness (QED) is 0.754. The van der Waals surface area contributed by atoms with Gasteiger partial charge in [-0.2, -0.15) is 0 Å². The number of halogens is 2. The molecular formula is C6H6BrClN2O. The van der Waals surface area contributed by atoms with E-state index in [1.165, 1.54) is 0 Å². The van der Waals surface area contributed by atoms with Crippen molar-refractivity contribution < 1.29 is 0 Å². The molecule has 0 atom stereocenters. The summed E-state index contributed by atoms with van der Waals surface area (Å²) in [5.41, 5.74) is 0.470. The van der Waals surface area contributed by atoms with Crippen molar-refractivity contribution in [1.29, 1.82) is 0 Å². The van der Waals surface area contributed by atoms with Crippen LogP contribution in [0.5, 0.6) is 0 Å². The Morgan fingerprint density at radius 1 is 1.73 bits per heavy atom. The first kappa shape index (κ1) is 8.74. The highest BCUT2D eigenvalue weighted by Crippen LogP contribution is 2.07. The SMILES string of the molecule is Cc1nc(CCl)[nH]c(=O)c1Br. The van der Waals surface area contributed by atoms with E-state index in [0.29, 0.717) is 16.0 Å². The molecule has 1 aromatic rings. The summed E-state index contributed by atoms with van der Waals surface area (Å²) in [5.74, 6) is 0.723. The van der Waals surface area contributed by atoms with E-state index in [9.17, 15) is 4.79 Å². The fourth-order valence-electron chi connectivity index (χ4n) is 0.693. The van der Waals surface area contributed by atoms with Crippen molar-refractivity contribution in [2.24, 2.45) is 0 Å². The Hall–Kier alpha value is -0.350. The van der Waals surface area contributed by atoms with Crippen molar-refractivity contribution >= 4 is 27.5 Å². The first-order valence-corrected chi connectivity index (χ1v) is 4.29. The highest BCUT2D eigenvalue weighted by atomic mass is 79.9. The first-order chi connectivity index (χ1) is 5.15. The van der Waals surface area contributed by atoms with Gasteiger partial charge in [-0.15, -0.1) is 11.6 Å². The lowest BCUT2D eigenvalue weighted by Gasteiger charge is -1.98. The van der Waals surface area contributed by atoms with Gasteiger partial charge in [-0.25, -0.2) is 4.98 Å². The van der Waals surface area contributed by atoms with Crippen LogP contribution >= 0.6 is 27.5 Å². The number of H-pyrrole nitrogens is 1. The minimum absolute atomic E-state index is 0.187. The van der Waals surface area contributed by atoms with Gasteiger partial charge in [0.25, 0.3) is 5.56 Å². The Labute approximate surface area is 76.9 Å². The maximum Gasteiger partial charge on any atom is 0.265 e. The molecule has 0 aliphatic carbocycles. The molecule has 0 saturated heterocycles. The van der Waals surface area contributed by atoms with Crippen LogP contribution in [0.4, 0.5) is 0 Å². The third-order valence-electron chi connectivity index (χ3n) is 1.20. The standard InChI is InChI=1S/C6H6BrClN2O/c1-3-5(7)6(11)10-4(2-8)9-3/h2H2,1H3,(H,9,10,11). The summed E-state index contributed by atoms with van der Waals surface area (Å²) in [7, 11) is 0. The number of nitrogens with one attached hydrogen (secondary N) is 1. The normalized spacial score (nSPS) is 10.1. The molecule has 11 heavy (non-hydrogen) atoms. The van der Waals surface area contributed by atoms with Crippen LogP contribution in [0.15, 0.2) is 9.27 Å². The fraction of sp³-hybridized carbons (Fsp3) is 0.333. The summed E-state index contributed by atoms with van der Waals surface area (Å²) < 4.78 is 0.464. The average Bonchev–Trinajstić information content (AvgIpc) is 1.99. The summed E-state index contributed by atoms with van der Waals surface area (Å²) in [6.07, 6.45) is 0. The topological polar surface area (TPSA) is 45.8 Å². The monoisotopic (exact) mass is 236 g/mol. The maximum atomic E-state index is 11.0. The van der Waals surface area contributed by atoms with Gasteiger partial charge in [0.1, 0.15) is 10.3 Å². The molecule has 0 aliphatic rings. The van der Waals surface area contributed by atoms with Crippen molar-refractivity contribution in [3.63, 3.8) is 0 Å². The molecule has 0 fully saturated rings. The molecule has 0 spiro atoms. The van der Waals surface area contributed by atoms with Crippen molar-refractivity contribution in [2.45, 2.75) is 12.8 Å². The van der Waals surface area contributed by atoms with Gasteiger partial charge in [-0.05, 0) is 22.9 Å². The smallest absolute Gasteiger partial charge is 0.265 e. The lowest BCUT2D eigenvalue weighted by atomic mass is 10.4. The van der Waals surface area contributed by atoms with Crippen molar-refractivity contribution in [1.82, 2.24) is 9.97 Å². The van der Waals surface area contributed by atoms with E-state index in [1.807, 2.05) is 0 Å². The van der Waals surface area contributed by atoms with Gasteiger partial charge in [0.2, 0.25) is 0 Å². The van der Waals surface area contributed by atoms with Gasteiger partial charge in [0, 0.05) is 0 Å². The predicted octanol–water partition coefficient (Wildman–Crippen LogP) is 1.58. The molecule has 5 heteroatoms. The molecule has 3 nitrogen and oxygen atoms in total. The second-order valence-electron chi connectivity index (χ2n) is 2.05. The zero-order valence-electron chi connectivity index (χ0n) is 5.82. The zero-order chi connectivity index (χ0) is 8.43. The van der Waals surface area contributed by atoms with E-state index in [2.05, 4.69) is 25.9 Å². The van der Waals surface area contributed by atoms with E-state index in [4.69, 9.17) is 11.6 Å². The van der Waals surface area contributed by atoms with E-state index in [1.54, 1.807) is 6.92 Å². The molecule has 0 aliphatic heterocycles. The Balaban J connectivity index is 3.32. The van der Waals surface area contributed by atoms with E-state index in [-0.39, 0.29) is 11.4 Å². The largest absolute Gasteiger partial charge is 0.309 e. The number of hydrogen-bond acceptors (Lipinski definition) is 2. The number of hydrogen-bond donors (Lipinski definition) is 1. The molecule has 1 rings (SSSR count). The number of aromatic amines is 1. The highest BCUT2D eigenvalue weighted by molar-refractivity contribution is 9.10. The molecule has 1 N–H and O–H groups in total. The Morgan fingerprint density at radius 2 is 2.36 bits per heavy atom. The number of aromatic nitrogens is 2. The third-order valence-corrected chi connectivity index (χ3v) is 2.39. The number of rotatable bonds is 1. The summed E-state index contributed by atoms with van der Waals surface area (Å²) in [6.45, 7) is 1.75. The van der Waals surface area contributed by atoms with Crippen LogP contribution < -0.4 is 5.56 Å². The lowest BCUT2D eigenvalue weighted by molar-refractivity contribution is 0.951. The Bertz CT molecular complexity index is 323. The molecule has 1 aromatic heterocycles. The van der Waals surface area contributed by atoms with Crippen LogP contribution in [0.2, 0.25) is 0 Å². The van der Waals surface area contributed by atoms with Crippen molar-refractivity contribution in [3.8, 4) is 0 Å². The molecule has 60 valence electrons. The molecule has 0 aromatic carbocycles. The average molecular weight is 237 g/mol. The summed E-state index contributed by atoms with van der Waals surface area (Å²) in [4.78, 5) is 17.6. The number of alkyl halides is 1. The summed E-state index contributed by atoms with van der Waals surface area (Å²) in [5, 5.41) is 0. The predicted molar refractivity (Wildman–Crippen MR) is 46.9 cm³/mol. The molecular weight excluding hydrogens is 231 g/mol. The van der Waals surface area contributed by atoms with Gasteiger partial charge in [0.15, 0.2) is 0 Å².